The molecule has 1 aliphatic heterocycles. The van der Waals surface area contributed by atoms with Gasteiger partial charge in [-0.15, -0.1) is 0 Å². The molecule has 1 atom stereocenters. The Labute approximate surface area is 167 Å². The average Bonchev–Trinajstić information content (AvgIpc) is 3.19. The maximum atomic E-state index is 12.9. The zero-order valence-corrected chi connectivity index (χ0v) is 16.2. The lowest BCUT2D eigenvalue weighted by atomic mass is 9.92. The highest BCUT2D eigenvalue weighted by molar-refractivity contribution is 5.76. The Balaban J connectivity index is 1.50. The van der Waals surface area contributed by atoms with E-state index in [1.807, 2.05) is 18.2 Å². The van der Waals surface area contributed by atoms with Crippen molar-refractivity contribution < 1.29 is 4.79 Å². The Hall–Kier alpha value is -3.42. The number of aryl methyl sites for hydroxylation is 2. The summed E-state index contributed by atoms with van der Waals surface area (Å²) in [5.74, 6) is -0.0355. The van der Waals surface area contributed by atoms with Crippen molar-refractivity contribution in [1.82, 2.24) is 24.4 Å². The van der Waals surface area contributed by atoms with Gasteiger partial charge in [0.2, 0.25) is 5.91 Å². The van der Waals surface area contributed by atoms with Gasteiger partial charge in [-0.05, 0) is 25.3 Å². The van der Waals surface area contributed by atoms with E-state index in [-0.39, 0.29) is 18.4 Å². The Morgan fingerprint density at radius 1 is 1.24 bits per heavy atom. The summed E-state index contributed by atoms with van der Waals surface area (Å²) in [7, 11) is 0. The molecular weight excluding hydrogens is 370 g/mol. The normalized spacial score (nSPS) is 15.9. The van der Waals surface area contributed by atoms with E-state index in [0.29, 0.717) is 18.7 Å². The molecule has 150 valence electrons. The third kappa shape index (κ3) is 4.06. The number of aromatic nitrogens is 4. The molecule has 3 aromatic rings. The van der Waals surface area contributed by atoms with Crippen LogP contribution in [0.5, 0.6) is 0 Å². The lowest BCUT2D eigenvalue weighted by Crippen LogP contribution is -2.42. The quantitative estimate of drug-likeness (QED) is 0.682. The summed E-state index contributed by atoms with van der Waals surface area (Å²) in [6, 6.07) is 10.2. The van der Waals surface area contributed by atoms with Crippen LogP contribution < -0.4 is 11.2 Å². The maximum Gasteiger partial charge on any atom is 0.328 e. The molecule has 0 spiro atoms. The summed E-state index contributed by atoms with van der Waals surface area (Å²) in [5.41, 5.74) is 2.60. The molecule has 1 unspecified atom stereocenters. The van der Waals surface area contributed by atoms with Crippen molar-refractivity contribution in [3.8, 4) is 0 Å². The first-order chi connectivity index (χ1) is 14.0. The first-order valence-electron chi connectivity index (χ1n) is 9.65. The molecule has 0 fully saturated rings. The van der Waals surface area contributed by atoms with Gasteiger partial charge in [-0.25, -0.2) is 9.78 Å². The number of hydrogen-bond acceptors (Lipinski definition) is 4. The second-order valence-corrected chi connectivity index (χ2v) is 7.46. The maximum absolute atomic E-state index is 12.9. The highest BCUT2D eigenvalue weighted by atomic mass is 16.2. The van der Waals surface area contributed by atoms with Crippen LogP contribution in [0.3, 0.4) is 0 Å². The van der Waals surface area contributed by atoms with Crippen molar-refractivity contribution in [1.29, 1.82) is 0 Å². The zero-order valence-electron chi connectivity index (χ0n) is 16.2. The molecule has 3 heterocycles. The standard InChI is InChI=1S/C21H23N5O3/c1-14-9-26(21(29)24-20(14)28)12-18(27)25-10-16(19-17(11-25)22-13-23-19)8-7-15-5-3-2-4-6-15/h2-6,9,13,16H,7-8,10-12H2,1H3,(H,22,23)(H,24,28,29). The molecule has 8 heteroatoms. The number of imidazole rings is 1. The Kier molecular flexibility index (Phi) is 5.16. The topological polar surface area (TPSA) is 104 Å². The highest BCUT2D eigenvalue weighted by Gasteiger charge is 2.30. The first kappa shape index (κ1) is 18.9. The molecule has 0 bridgehead atoms. The molecule has 29 heavy (non-hydrogen) atoms. The Bertz CT molecular complexity index is 1130. The number of nitrogens with one attached hydrogen (secondary N) is 2. The number of nitrogens with zero attached hydrogens (tertiary/aromatic N) is 3. The Morgan fingerprint density at radius 2 is 2.03 bits per heavy atom. The van der Waals surface area contributed by atoms with E-state index in [2.05, 4.69) is 27.1 Å². The zero-order chi connectivity index (χ0) is 20.4. The average molecular weight is 393 g/mol. The predicted octanol–water partition coefficient (Wildman–Crippen LogP) is 1.33. The molecule has 0 radical (unpaired) electrons. The number of amides is 1. The van der Waals surface area contributed by atoms with Gasteiger partial charge in [-0.1, -0.05) is 30.3 Å². The fourth-order valence-electron chi connectivity index (χ4n) is 3.80. The van der Waals surface area contributed by atoms with Gasteiger partial charge in [0.25, 0.3) is 5.56 Å². The summed E-state index contributed by atoms with van der Waals surface area (Å²) >= 11 is 0. The fourth-order valence-corrected chi connectivity index (χ4v) is 3.80. The minimum Gasteiger partial charge on any atom is -0.347 e. The van der Waals surface area contributed by atoms with E-state index in [0.717, 1.165) is 24.2 Å². The fraction of sp³-hybridized carbons (Fsp3) is 0.333. The van der Waals surface area contributed by atoms with Crippen LogP contribution in [0.2, 0.25) is 0 Å². The summed E-state index contributed by atoms with van der Waals surface area (Å²) in [6.45, 7) is 2.50. The molecule has 8 nitrogen and oxygen atoms in total. The van der Waals surface area contributed by atoms with Crippen LogP contribution in [-0.4, -0.2) is 36.9 Å². The van der Waals surface area contributed by atoms with Crippen LogP contribution >= 0.6 is 0 Å². The van der Waals surface area contributed by atoms with E-state index < -0.39 is 11.2 Å². The van der Waals surface area contributed by atoms with Crippen molar-refractivity contribution >= 4 is 5.91 Å². The van der Waals surface area contributed by atoms with Crippen LogP contribution in [0, 0.1) is 6.92 Å². The summed E-state index contributed by atoms with van der Waals surface area (Å²) < 4.78 is 1.25. The second kappa shape index (κ2) is 7.90. The van der Waals surface area contributed by atoms with Gasteiger partial charge >= 0.3 is 5.69 Å². The van der Waals surface area contributed by atoms with Gasteiger partial charge in [0.05, 0.1) is 24.3 Å². The summed E-state index contributed by atoms with van der Waals surface area (Å²) in [6.07, 6.45) is 4.88. The molecule has 1 aliphatic rings. The number of benzene rings is 1. The van der Waals surface area contributed by atoms with Crippen LogP contribution in [0.25, 0.3) is 0 Å². The van der Waals surface area contributed by atoms with E-state index in [4.69, 9.17) is 0 Å². The molecule has 0 aliphatic carbocycles. The van der Waals surface area contributed by atoms with Crippen molar-refractivity contribution in [3.63, 3.8) is 0 Å². The summed E-state index contributed by atoms with van der Waals surface area (Å²) in [5, 5.41) is 0. The van der Waals surface area contributed by atoms with Gasteiger partial charge < -0.3 is 9.88 Å². The lowest BCUT2D eigenvalue weighted by molar-refractivity contribution is -0.133. The number of carbonyl (C=O) groups excluding carboxylic acids is 1. The molecular formula is C21H23N5O3. The molecule has 1 amide bonds. The van der Waals surface area contributed by atoms with Crippen LogP contribution in [0.1, 0.15) is 34.9 Å². The molecule has 0 saturated carbocycles. The van der Waals surface area contributed by atoms with Gasteiger partial charge in [0, 0.05) is 24.2 Å². The number of H-pyrrole nitrogens is 2. The number of hydrogen-bond donors (Lipinski definition) is 2. The van der Waals surface area contributed by atoms with Crippen molar-refractivity contribution in [2.45, 2.75) is 38.8 Å². The third-order valence-electron chi connectivity index (χ3n) is 5.40. The number of aromatic amines is 2. The van der Waals surface area contributed by atoms with Gasteiger partial charge in [-0.2, -0.15) is 0 Å². The number of rotatable bonds is 5. The molecule has 4 rings (SSSR count). The summed E-state index contributed by atoms with van der Waals surface area (Å²) in [4.78, 5) is 48.1. The molecule has 2 N–H and O–H groups in total. The molecule has 2 aromatic heterocycles. The minimum atomic E-state index is -0.575. The van der Waals surface area contributed by atoms with Crippen molar-refractivity contribution in [2.24, 2.45) is 0 Å². The van der Waals surface area contributed by atoms with Crippen molar-refractivity contribution in [2.75, 3.05) is 6.54 Å². The predicted molar refractivity (Wildman–Crippen MR) is 108 cm³/mol. The monoisotopic (exact) mass is 393 g/mol. The Morgan fingerprint density at radius 3 is 2.83 bits per heavy atom. The number of fused-ring (bicyclic) bond motifs is 1. The van der Waals surface area contributed by atoms with Crippen LogP contribution in [0.4, 0.5) is 0 Å². The van der Waals surface area contributed by atoms with Crippen LogP contribution in [0.15, 0.2) is 52.4 Å². The van der Waals surface area contributed by atoms with Gasteiger partial charge in [0.15, 0.2) is 0 Å². The van der Waals surface area contributed by atoms with Gasteiger partial charge in [-0.3, -0.25) is 19.1 Å². The van der Waals surface area contributed by atoms with E-state index in [9.17, 15) is 14.4 Å². The van der Waals surface area contributed by atoms with E-state index in [1.54, 1.807) is 18.2 Å². The molecule has 1 aromatic carbocycles. The number of carbonyl (C=O) groups is 1. The van der Waals surface area contributed by atoms with E-state index >= 15 is 0 Å². The van der Waals surface area contributed by atoms with E-state index in [1.165, 1.54) is 16.3 Å². The second-order valence-electron chi connectivity index (χ2n) is 7.46. The van der Waals surface area contributed by atoms with Crippen LogP contribution in [-0.2, 0) is 24.3 Å². The first-order valence-corrected chi connectivity index (χ1v) is 9.65. The molecule has 0 saturated heterocycles. The van der Waals surface area contributed by atoms with Crippen molar-refractivity contribution in [3.05, 3.63) is 86.2 Å². The third-order valence-corrected chi connectivity index (χ3v) is 5.40. The highest BCUT2D eigenvalue weighted by Crippen LogP contribution is 2.29. The SMILES string of the molecule is Cc1cn(CC(=O)N2Cc3[nH]cnc3C(CCc3ccccc3)C2)c(=O)[nH]c1=O. The minimum absolute atomic E-state index is 0.106. The lowest BCUT2D eigenvalue weighted by Gasteiger charge is -2.32. The smallest absolute Gasteiger partial charge is 0.328 e. The van der Waals surface area contributed by atoms with Gasteiger partial charge in [0.1, 0.15) is 6.54 Å². The largest absolute Gasteiger partial charge is 0.347 e.